The zero-order valence-corrected chi connectivity index (χ0v) is 11.8. The van der Waals surface area contributed by atoms with Crippen LogP contribution in [-0.2, 0) is 0 Å². The lowest BCUT2D eigenvalue weighted by Crippen LogP contribution is -2.16. The van der Waals surface area contributed by atoms with Gasteiger partial charge in [0.05, 0.1) is 13.2 Å². The molecular weight excluding hydrogens is 294 g/mol. The van der Waals surface area contributed by atoms with Gasteiger partial charge >= 0.3 is 0 Å². The number of hydrogen-bond donors (Lipinski definition) is 1. The lowest BCUT2D eigenvalue weighted by atomic mass is 10.0. The quantitative estimate of drug-likeness (QED) is 0.947. The standard InChI is InChI=1S/C13H14BrN3O/c1-8-4-3-5-9(10(8)14)11(15)12-13(18-2)17-7-6-16-12/h3-7,11H,15H2,1-2H3. The second-order valence-corrected chi connectivity index (χ2v) is 4.70. The number of hydrogen-bond acceptors (Lipinski definition) is 4. The molecule has 0 radical (unpaired) electrons. The Hall–Kier alpha value is -1.46. The van der Waals surface area contributed by atoms with E-state index in [1.54, 1.807) is 19.5 Å². The van der Waals surface area contributed by atoms with Gasteiger partial charge in [-0.15, -0.1) is 0 Å². The first-order valence-corrected chi connectivity index (χ1v) is 6.30. The molecule has 0 saturated heterocycles. The van der Waals surface area contributed by atoms with Crippen molar-refractivity contribution in [1.82, 2.24) is 9.97 Å². The topological polar surface area (TPSA) is 61.0 Å². The molecule has 1 atom stereocenters. The van der Waals surface area contributed by atoms with Gasteiger partial charge in [0.15, 0.2) is 0 Å². The van der Waals surface area contributed by atoms with Crippen LogP contribution in [0, 0.1) is 6.92 Å². The normalized spacial score (nSPS) is 12.2. The fourth-order valence-corrected chi connectivity index (χ4v) is 2.28. The summed E-state index contributed by atoms with van der Waals surface area (Å²) < 4.78 is 6.18. The van der Waals surface area contributed by atoms with Crippen LogP contribution in [0.4, 0.5) is 0 Å². The first-order valence-electron chi connectivity index (χ1n) is 5.50. The maximum Gasteiger partial charge on any atom is 0.237 e. The van der Waals surface area contributed by atoms with Gasteiger partial charge < -0.3 is 10.5 Å². The third-order valence-corrected chi connectivity index (χ3v) is 3.82. The van der Waals surface area contributed by atoms with E-state index in [4.69, 9.17) is 10.5 Å². The molecule has 0 saturated carbocycles. The molecule has 1 unspecified atom stereocenters. The minimum Gasteiger partial charge on any atom is -0.480 e. The van der Waals surface area contributed by atoms with Crippen LogP contribution in [0.3, 0.4) is 0 Å². The molecule has 0 aliphatic rings. The van der Waals surface area contributed by atoms with Crippen molar-refractivity contribution < 1.29 is 4.74 Å². The van der Waals surface area contributed by atoms with Gasteiger partial charge in [-0.3, -0.25) is 4.98 Å². The van der Waals surface area contributed by atoms with Crippen molar-refractivity contribution in [2.24, 2.45) is 5.73 Å². The number of ether oxygens (including phenoxy) is 1. The van der Waals surface area contributed by atoms with Crippen molar-refractivity contribution in [2.45, 2.75) is 13.0 Å². The monoisotopic (exact) mass is 307 g/mol. The maximum atomic E-state index is 6.25. The largest absolute Gasteiger partial charge is 0.480 e. The van der Waals surface area contributed by atoms with E-state index in [2.05, 4.69) is 25.9 Å². The number of halogens is 1. The summed E-state index contributed by atoms with van der Waals surface area (Å²) in [5.41, 5.74) is 8.98. The van der Waals surface area contributed by atoms with Crippen molar-refractivity contribution in [3.63, 3.8) is 0 Å². The van der Waals surface area contributed by atoms with E-state index in [0.717, 1.165) is 15.6 Å². The van der Waals surface area contributed by atoms with E-state index in [1.807, 2.05) is 25.1 Å². The molecule has 0 fully saturated rings. The molecule has 1 aromatic heterocycles. The molecule has 2 aromatic rings. The van der Waals surface area contributed by atoms with E-state index >= 15 is 0 Å². The Kier molecular flexibility index (Phi) is 3.93. The van der Waals surface area contributed by atoms with E-state index in [0.29, 0.717) is 11.6 Å². The van der Waals surface area contributed by atoms with Gasteiger partial charge in [0.2, 0.25) is 5.88 Å². The minimum absolute atomic E-state index is 0.372. The highest BCUT2D eigenvalue weighted by Gasteiger charge is 2.19. The number of benzene rings is 1. The van der Waals surface area contributed by atoms with Crippen molar-refractivity contribution >= 4 is 15.9 Å². The van der Waals surface area contributed by atoms with Gasteiger partial charge in [-0.25, -0.2) is 4.98 Å². The molecule has 1 heterocycles. The summed E-state index contributed by atoms with van der Waals surface area (Å²) in [4.78, 5) is 8.38. The predicted molar refractivity (Wildman–Crippen MR) is 73.5 cm³/mol. The van der Waals surface area contributed by atoms with Crippen LogP contribution < -0.4 is 10.5 Å². The Labute approximate surface area is 114 Å². The number of methoxy groups -OCH3 is 1. The first kappa shape index (κ1) is 13.0. The average Bonchev–Trinajstić information content (AvgIpc) is 2.41. The van der Waals surface area contributed by atoms with Crippen LogP contribution in [0.15, 0.2) is 35.1 Å². The Morgan fingerprint density at radius 2 is 2.00 bits per heavy atom. The molecule has 5 heteroatoms. The van der Waals surface area contributed by atoms with E-state index in [9.17, 15) is 0 Å². The molecule has 2 N–H and O–H groups in total. The van der Waals surface area contributed by atoms with Gasteiger partial charge in [-0.05, 0) is 18.1 Å². The summed E-state index contributed by atoms with van der Waals surface area (Å²) in [7, 11) is 1.56. The Morgan fingerprint density at radius 1 is 1.28 bits per heavy atom. The van der Waals surface area contributed by atoms with Crippen LogP contribution in [0.1, 0.15) is 22.9 Å². The molecule has 1 aromatic carbocycles. The summed E-state index contributed by atoms with van der Waals surface area (Å²) >= 11 is 3.56. The molecule has 94 valence electrons. The van der Waals surface area contributed by atoms with Gasteiger partial charge in [0.1, 0.15) is 5.69 Å². The number of aromatic nitrogens is 2. The molecular formula is C13H14BrN3O. The summed E-state index contributed by atoms with van der Waals surface area (Å²) in [6, 6.07) is 5.59. The Balaban J connectivity index is 2.48. The highest BCUT2D eigenvalue weighted by molar-refractivity contribution is 9.10. The molecule has 4 nitrogen and oxygen atoms in total. The molecule has 0 bridgehead atoms. The van der Waals surface area contributed by atoms with E-state index < -0.39 is 0 Å². The predicted octanol–water partition coefficient (Wildman–Crippen LogP) is 2.60. The molecule has 2 rings (SSSR count). The molecule has 0 aliphatic carbocycles. The van der Waals surface area contributed by atoms with Crippen molar-refractivity contribution in [2.75, 3.05) is 7.11 Å². The lowest BCUT2D eigenvalue weighted by Gasteiger charge is -2.16. The van der Waals surface area contributed by atoms with E-state index in [1.165, 1.54) is 0 Å². The first-order chi connectivity index (χ1) is 8.65. The van der Waals surface area contributed by atoms with Crippen molar-refractivity contribution in [3.8, 4) is 5.88 Å². The van der Waals surface area contributed by atoms with Crippen LogP contribution in [0.2, 0.25) is 0 Å². The van der Waals surface area contributed by atoms with Crippen molar-refractivity contribution in [3.05, 3.63) is 51.9 Å². The Morgan fingerprint density at radius 3 is 2.72 bits per heavy atom. The van der Waals surface area contributed by atoms with Crippen LogP contribution in [0.5, 0.6) is 5.88 Å². The van der Waals surface area contributed by atoms with Crippen molar-refractivity contribution in [1.29, 1.82) is 0 Å². The number of aryl methyl sites for hydroxylation is 1. The zero-order valence-electron chi connectivity index (χ0n) is 10.2. The van der Waals surface area contributed by atoms with Gasteiger partial charge in [0, 0.05) is 16.9 Å². The summed E-state index contributed by atoms with van der Waals surface area (Å²) in [6.07, 6.45) is 3.20. The van der Waals surface area contributed by atoms with Gasteiger partial charge in [-0.2, -0.15) is 0 Å². The number of nitrogens with zero attached hydrogens (tertiary/aromatic N) is 2. The highest BCUT2D eigenvalue weighted by Crippen LogP contribution is 2.31. The number of nitrogens with two attached hydrogens (primary N) is 1. The van der Waals surface area contributed by atoms with Crippen LogP contribution in [0.25, 0.3) is 0 Å². The highest BCUT2D eigenvalue weighted by atomic mass is 79.9. The molecule has 0 aliphatic heterocycles. The fourth-order valence-electron chi connectivity index (χ4n) is 1.76. The third kappa shape index (κ3) is 2.37. The molecule has 18 heavy (non-hydrogen) atoms. The summed E-state index contributed by atoms with van der Waals surface area (Å²) in [6.45, 7) is 2.02. The lowest BCUT2D eigenvalue weighted by molar-refractivity contribution is 0.387. The fraction of sp³-hybridized carbons (Fsp3) is 0.231. The van der Waals surface area contributed by atoms with Gasteiger partial charge in [-0.1, -0.05) is 34.1 Å². The van der Waals surface area contributed by atoms with Crippen LogP contribution in [-0.4, -0.2) is 17.1 Å². The molecule has 0 spiro atoms. The maximum absolute atomic E-state index is 6.25. The summed E-state index contributed by atoms with van der Waals surface area (Å²) in [5, 5.41) is 0. The molecule has 0 amide bonds. The number of rotatable bonds is 3. The SMILES string of the molecule is COc1nccnc1C(N)c1cccc(C)c1Br. The smallest absolute Gasteiger partial charge is 0.237 e. The van der Waals surface area contributed by atoms with Gasteiger partial charge in [0.25, 0.3) is 0 Å². The second kappa shape index (κ2) is 5.46. The zero-order chi connectivity index (χ0) is 13.1. The Bertz CT molecular complexity index is 560. The van der Waals surface area contributed by atoms with Crippen LogP contribution >= 0.6 is 15.9 Å². The minimum atomic E-state index is -0.372. The second-order valence-electron chi connectivity index (χ2n) is 3.91. The summed E-state index contributed by atoms with van der Waals surface area (Å²) in [5.74, 6) is 0.457. The average molecular weight is 308 g/mol. The third-order valence-electron chi connectivity index (χ3n) is 2.74. The van der Waals surface area contributed by atoms with E-state index in [-0.39, 0.29) is 6.04 Å².